The number of piperidine rings is 1. The first-order chi connectivity index (χ1) is 8.81. The first kappa shape index (κ1) is 12.9. The highest BCUT2D eigenvalue weighted by Crippen LogP contribution is 2.24. The molecule has 4 heteroatoms. The highest BCUT2D eigenvalue weighted by molar-refractivity contribution is 5.96. The summed E-state index contributed by atoms with van der Waals surface area (Å²) in [7, 11) is 0. The Bertz CT molecular complexity index is 401. The number of hydrogen-bond acceptors (Lipinski definition) is 3. The number of amides is 1. The Morgan fingerprint density at radius 1 is 1.44 bits per heavy atom. The molecule has 0 saturated carbocycles. The summed E-state index contributed by atoms with van der Waals surface area (Å²) in [6.45, 7) is 3.45. The van der Waals surface area contributed by atoms with E-state index in [-0.39, 0.29) is 11.9 Å². The largest absolute Gasteiger partial charge is 0.492 e. The minimum absolute atomic E-state index is 0.0295. The van der Waals surface area contributed by atoms with E-state index in [1.165, 1.54) is 0 Å². The first-order valence-electron chi connectivity index (χ1n) is 6.57. The zero-order chi connectivity index (χ0) is 12.8. The number of ether oxygens (including phenoxy) is 1. The van der Waals surface area contributed by atoms with Gasteiger partial charge in [0.15, 0.2) is 0 Å². The Morgan fingerprint density at radius 3 is 3.00 bits per heavy atom. The fourth-order valence-corrected chi connectivity index (χ4v) is 2.15. The van der Waals surface area contributed by atoms with Crippen molar-refractivity contribution in [3.63, 3.8) is 0 Å². The average molecular weight is 248 g/mol. The highest BCUT2D eigenvalue weighted by atomic mass is 16.5. The van der Waals surface area contributed by atoms with Crippen LogP contribution in [0.2, 0.25) is 0 Å². The van der Waals surface area contributed by atoms with Crippen LogP contribution in [0.5, 0.6) is 5.75 Å². The van der Waals surface area contributed by atoms with Gasteiger partial charge in [0.2, 0.25) is 5.91 Å². The molecule has 0 unspecified atom stereocenters. The van der Waals surface area contributed by atoms with Gasteiger partial charge in [0.25, 0.3) is 0 Å². The predicted octanol–water partition coefficient (Wildman–Crippen LogP) is 2.17. The molecule has 98 valence electrons. The van der Waals surface area contributed by atoms with Crippen molar-refractivity contribution in [1.82, 2.24) is 5.32 Å². The molecule has 0 spiro atoms. The van der Waals surface area contributed by atoms with Crippen LogP contribution >= 0.6 is 0 Å². The maximum absolute atomic E-state index is 12.1. The smallest absolute Gasteiger partial charge is 0.241 e. The molecule has 1 aromatic carbocycles. The Labute approximate surface area is 108 Å². The van der Waals surface area contributed by atoms with Crippen molar-refractivity contribution in [2.24, 2.45) is 0 Å². The van der Waals surface area contributed by atoms with Gasteiger partial charge in [-0.3, -0.25) is 4.79 Å². The molecule has 0 bridgehead atoms. The molecule has 2 N–H and O–H groups in total. The van der Waals surface area contributed by atoms with Crippen LogP contribution in [-0.2, 0) is 4.79 Å². The maximum atomic E-state index is 12.1. The van der Waals surface area contributed by atoms with Crippen molar-refractivity contribution in [3.8, 4) is 5.75 Å². The second-order valence-electron chi connectivity index (χ2n) is 4.42. The second kappa shape index (κ2) is 6.40. The van der Waals surface area contributed by atoms with E-state index >= 15 is 0 Å². The van der Waals surface area contributed by atoms with Crippen LogP contribution < -0.4 is 15.4 Å². The van der Waals surface area contributed by atoms with Gasteiger partial charge in [-0.1, -0.05) is 18.6 Å². The third-order valence-corrected chi connectivity index (χ3v) is 3.07. The number of nitrogens with one attached hydrogen (secondary N) is 2. The molecule has 2 rings (SSSR count). The van der Waals surface area contributed by atoms with E-state index in [2.05, 4.69) is 10.6 Å². The van der Waals surface area contributed by atoms with Crippen LogP contribution in [0.3, 0.4) is 0 Å². The number of benzene rings is 1. The number of hydrogen-bond donors (Lipinski definition) is 2. The molecule has 0 aliphatic carbocycles. The van der Waals surface area contributed by atoms with Gasteiger partial charge in [-0.15, -0.1) is 0 Å². The van der Waals surface area contributed by atoms with E-state index in [4.69, 9.17) is 4.74 Å². The Balaban J connectivity index is 2.01. The molecule has 18 heavy (non-hydrogen) atoms. The Kier molecular flexibility index (Phi) is 4.59. The zero-order valence-corrected chi connectivity index (χ0v) is 10.7. The van der Waals surface area contributed by atoms with Crippen LogP contribution in [0, 0.1) is 0 Å². The van der Waals surface area contributed by atoms with Crippen molar-refractivity contribution in [2.75, 3.05) is 18.5 Å². The monoisotopic (exact) mass is 248 g/mol. The third kappa shape index (κ3) is 3.23. The van der Waals surface area contributed by atoms with Gasteiger partial charge < -0.3 is 15.4 Å². The fourth-order valence-electron chi connectivity index (χ4n) is 2.15. The topological polar surface area (TPSA) is 50.4 Å². The molecule has 1 saturated heterocycles. The van der Waals surface area contributed by atoms with Gasteiger partial charge in [0.05, 0.1) is 18.3 Å². The third-order valence-electron chi connectivity index (χ3n) is 3.07. The molecular weight excluding hydrogens is 228 g/mol. The summed E-state index contributed by atoms with van der Waals surface area (Å²) >= 11 is 0. The SMILES string of the molecule is CCOc1ccccc1NC(=O)[C@H]1CCCCN1. The molecule has 1 aliphatic heterocycles. The summed E-state index contributed by atoms with van der Waals surface area (Å²) in [4.78, 5) is 12.1. The minimum atomic E-state index is -0.0755. The lowest BCUT2D eigenvalue weighted by atomic mass is 10.0. The maximum Gasteiger partial charge on any atom is 0.241 e. The predicted molar refractivity (Wildman–Crippen MR) is 71.9 cm³/mol. The van der Waals surface area contributed by atoms with Crippen molar-refractivity contribution in [2.45, 2.75) is 32.2 Å². The normalized spacial score (nSPS) is 19.3. The van der Waals surface area contributed by atoms with Gasteiger partial charge in [0, 0.05) is 0 Å². The van der Waals surface area contributed by atoms with E-state index in [1.54, 1.807) is 0 Å². The fraction of sp³-hybridized carbons (Fsp3) is 0.500. The van der Waals surface area contributed by atoms with Crippen LogP contribution in [0.15, 0.2) is 24.3 Å². The van der Waals surface area contributed by atoms with Crippen molar-refractivity contribution >= 4 is 11.6 Å². The van der Waals surface area contributed by atoms with Gasteiger partial charge in [-0.25, -0.2) is 0 Å². The molecule has 4 nitrogen and oxygen atoms in total. The molecule has 1 amide bonds. The summed E-state index contributed by atoms with van der Waals surface area (Å²) < 4.78 is 5.49. The molecule has 1 fully saturated rings. The lowest BCUT2D eigenvalue weighted by Crippen LogP contribution is -2.43. The van der Waals surface area contributed by atoms with Gasteiger partial charge in [-0.2, -0.15) is 0 Å². The van der Waals surface area contributed by atoms with E-state index < -0.39 is 0 Å². The molecule has 1 aliphatic rings. The number of rotatable bonds is 4. The summed E-state index contributed by atoms with van der Waals surface area (Å²) in [6, 6.07) is 7.46. The van der Waals surface area contributed by atoms with Crippen molar-refractivity contribution in [1.29, 1.82) is 0 Å². The number of para-hydroxylation sites is 2. The Hall–Kier alpha value is -1.55. The molecule has 1 aromatic rings. The van der Waals surface area contributed by atoms with Crippen LogP contribution in [0.25, 0.3) is 0 Å². The number of anilines is 1. The van der Waals surface area contributed by atoms with Crippen molar-refractivity contribution in [3.05, 3.63) is 24.3 Å². The number of carbonyl (C=O) groups excluding carboxylic acids is 1. The van der Waals surface area contributed by atoms with Crippen molar-refractivity contribution < 1.29 is 9.53 Å². The van der Waals surface area contributed by atoms with Crippen LogP contribution in [-0.4, -0.2) is 25.1 Å². The lowest BCUT2D eigenvalue weighted by Gasteiger charge is -2.23. The van der Waals surface area contributed by atoms with Gasteiger partial charge >= 0.3 is 0 Å². The summed E-state index contributed by atoms with van der Waals surface area (Å²) in [6.07, 6.45) is 3.17. The molecule has 1 atom stereocenters. The van der Waals surface area contributed by atoms with E-state index in [9.17, 15) is 4.79 Å². The summed E-state index contributed by atoms with van der Waals surface area (Å²) in [5.74, 6) is 0.756. The van der Waals surface area contributed by atoms with Gasteiger partial charge in [-0.05, 0) is 38.4 Å². The molecule has 1 heterocycles. The van der Waals surface area contributed by atoms with Crippen LogP contribution in [0.4, 0.5) is 5.69 Å². The second-order valence-corrected chi connectivity index (χ2v) is 4.42. The van der Waals surface area contributed by atoms with Crippen LogP contribution in [0.1, 0.15) is 26.2 Å². The molecule has 0 aromatic heterocycles. The molecule has 0 radical (unpaired) electrons. The highest BCUT2D eigenvalue weighted by Gasteiger charge is 2.21. The standard InChI is InChI=1S/C14H20N2O2/c1-2-18-13-9-4-3-7-11(13)16-14(17)12-8-5-6-10-15-12/h3-4,7,9,12,15H,2,5-6,8,10H2,1H3,(H,16,17)/t12-/m1/s1. The van der Waals surface area contributed by atoms with E-state index in [0.29, 0.717) is 6.61 Å². The van der Waals surface area contributed by atoms with E-state index in [1.807, 2.05) is 31.2 Å². The average Bonchev–Trinajstić information content (AvgIpc) is 2.42. The first-order valence-corrected chi connectivity index (χ1v) is 6.57. The Morgan fingerprint density at radius 2 is 2.28 bits per heavy atom. The zero-order valence-electron chi connectivity index (χ0n) is 10.7. The lowest BCUT2D eigenvalue weighted by molar-refractivity contribution is -0.118. The van der Waals surface area contributed by atoms with Gasteiger partial charge in [0.1, 0.15) is 5.75 Å². The summed E-state index contributed by atoms with van der Waals surface area (Å²) in [5, 5.41) is 6.18. The minimum Gasteiger partial charge on any atom is -0.492 e. The quantitative estimate of drug-likeness (QED) is 0.858. The number of carbonyl (C=O) groups is 1. The van der Waals surface area contributed by atoms with E-state index in [0.717, 1.165) is 37.2 Å². The summed E-state index contributed by atoms with van der Waals surface area (Å²) in [5.41, 5.74) is 0.747. The molecular formula is C14H20N2O2.